The molecule has 4 nitrogen and oxygen atoms in total. The number of carbonyl (C=O) groups excluding carboxylic acids is 1. The van der Waals surface area contributed by atoms with Crippen molar-refractivity contribution in [2.45, 2.75) is 18.6 Å². The summed E-state index contributed by atoms with van der Waals surface area (Å²) in [6.07, 6.45) is 0.341. The van der Waals surface area contributed by atoms with E-state index in [0.717, 1.165) is 28.5 Å². The van der Waals surface area contributed by atoms with Crippen molar-refractivity contribution in [3.63, 3.8) is 0 Å². The number of nitrogens with zero attached hydrogens (tertiary/aromatic N) is 2. The second-order valence-electron chi connectivity index (χ2n) is 4.88. The van der Waals surface area contributed by atoms with E-state index in [0.29, 0.717) is 12.3 Å². The largest absolute Gasteiger partial charge is 0.411 e. The Kier molecular flexibility index (Phi) is 4.34. The van der Waals surface area contributed by atoms with Gasteiger partial charge in [-0.05, 0) is 24.6 Å². The summed E-state index contributed by atoms with van der Waals surface area (Å²) in [7, 11) is 0. The van der Waals surface area contributed by atoms with Crippen LogP contribution in [0.5, 0.6) is 0 Å². The van der Waals surface area contributed by atoms with Gasteiger partial charge >= 0.3 is 0 Å². The van der Waals surface area contributed by atoms with Crippen molar-refractivity contribution in [3.8, 4) is 11.5 Å². The number of hydrogen-bond acceptors (Lipinski definition) is 5. The van der Waals surface area contributed by atoms with Crippen LogP contribution in [0.25, 0.3) is 11.5 Å². The molecule has 0 aliphatic carbocycles. The lowest BCUT2D eigenvalue weighted by Crippen LogP contribution is -1.96. The Morgan fingerprint density at radius 2 is 1.77 bits per heavy atom. The van der Waals surface area contributed by atoms with Gasteiger partial charge in [0.2, 0.25) is 11.0 Å². The lowest BCUT2D eigenvalue weighted by Gasteiger charge is -1.97. The average Bonchev–Trinajstić information content (AvgIpc) is 2.97. The third-order valence-electron chi connectivity index (χ3n) is 3.10. The van der Waals surface area contributed by atoms with Crippen molar-refractivity contribution >= 4 is 16.9 Å². The zero-order chi connectivity index (χ0) is 15.4. The Hall–Kier alpha value is -2.40. The number of hydrogen-bond donors (Lipinski definition) is 0. The Morgan fingerprint density at radius 3 is 2.50 bits per heavy atom. The normalized spacial score (nSPS) is 10.6. The molecule has 0 N–H and O–H groups in total. The fourth-order valence-electron chi connectivity index (χ4n) is 1.96. The second-order valence-corrected chi connectivity index (χ2v) is 5.88. The van der Waals surface area contributed by atoms with Gasteiger partial charge in [-0.15, -0.1) is 10.2 Å². The molecule has 0 fully saturated rings. The fourth-order valence-corrected chi connectivity index (χ4v) is 2.60. The molecule has 3 aromatic rings. The standard InChI is InChI=1S/C17H14N2O2S/c1-12-7-9-14(10-8-12)16-18-19-17(21-16)22-15(20)11-13-5-3-2-4-6-13/h2-10H,11H2,1H3. The molecule has 0 spiro atoms. The third kappa shape index (κ3) is 3.62. The predicted molar refractivity (Wildman–Crippen MR) is 85.5 cm³/mol. The molecule has 1 heterocycles. The van der Waals surface area contributed by atoms with Gasteiger partial charge in [0, 0.05) is 23.7 Å². The molecule has 0 aliphatic rings. The average molecular weight is 310 g/mol. The summed E-state index contributed by atoms with van der Waals surface area (Å²) in [5.74, 6) is 0.426. The highest BCUT2D eigenvalue weighted by Crippen LogP contribution is 2.24. The molecule has 0 bridgehead atoms. The lowest BCUT2D eigenvalue weighted by atomic mass is 10.1. The van der Waals surface area contributed by atoms with Crippen LogP contribution in [0.1, 0.15) is 11.1 Å². The number of aromatic nitrogens is 2. The van der Waals surface area contributed by atoms with E-state index < -0.39 is 0 Å². The Bertz CT molecular complexity index is 767. The summed E-state index contributed by atoms with van der Waals surface area (Å²) in [5, 5.41) is 8.16. The first-order valence-electron chi connectivity index (χ1n) is 6.86. The van der Waals surface area contributed by atoms with Gasteiger partial charge < -0.3 is 4.42 Å². The molecular formula is C17H14N2O2S. The van der Waals surface area contributed by atoms with E-state index in [-0.39, 0.29) is 10.3 Å². The van der Waals surface area contributed by atoms with E-state index in [1.165, 1.54) is 0 Å². The van der Waals surface area contributed by atoms with Crippen LogP contribution in [0.15, 0.2) is 64.2 Å². The van der Waals surface area contributed by atoms with Crippen molar-refractivity contribution in [2.75, 3.05) is 0 Å². The Labute approximate surface area is 132 Å². The van der Waals surface area contributed by atoms with Crippen molar-refractivity contribution in [3.05, 3.63) is 65.7 Å². The molecule has 0 saturated carbocycles. The molecule has 0 unspecified atom stereocenters. The molecule has 22 heavy (non-hydrogen) atoms. The van der Waals surface area contributed by atoms with E-state index in [2.05, 4.69) is 10.2 Å². The van der Waals surface area contributed by atoms with E-state index in [4.69, 9.17) is 4.42 Å². The highest BCUT2D eigenvalue weighted by atomic mass is 32.2. The minimum atomic E-state index is -0.0229. The second kappa shape index (κ2) is 6.58. The van der Waals surface area contributed by atoms with E-state index in [1.54, 1.807) is 0 Å². The molecular weight excluding hydrogens is 296 g/mol. The van der Waals surface area contributed by atoms with Gasteiger partial charge in [-0.25, -0.2) is 0 Å². The van der Waals surface area contributed by atoms with Gasteiger partial charge in [-0.1, -0.05) is 48.0 Å². The highest BCUT2D eigenvalue weighted by molar-refractivity contribution is 8.13. The molecule has 0 amide bonds. The monoisotopic (exact) mass is 310 g/mol. The molecule has 110 valence electrons. The highest BCUT2D eigenvalue weighted by Gasteiger charge is 2.13. The predicted octanol–water partition coefficient (Wildman–Crippen LogP) is 3.91. The van der Waals surface area contributed by atoms with Crippen LogP contribution in [0.4, 0.5) is 0 Å². The maximum Gasteiger partial charge on any atom is 0.284 e. The molecule has 1 aromatic heterocycles. The van der Waals surface area contributed by atoms with Crippen LogP contribution in [0.2, 0.25) is 0 Å². The topological polar surface area (TPSA) is 56.0 Å². The van der Waals surface area contributed by atoms with Crippen LogP contribution in [0, 0.1) is 6.92 Å². The van der Waals surface area contributed by atoms with Crippen LogP contribution >= 0.6 is 11.8 Å². The van der Waals surface area contributed by atoms with Gasteiger partial charge in [0.15, 0.2) is 0 Å². The van der Waals surface area contributed by atoms with E-state index >= 15 is 0 Å². The maximum absolute atomic E-state index is 12.0. The molecule has 0 radical (unpaired) electrons. The molecule has 2 aromatic carbocycles. The van der Waals surface area contributed by atoms with Gasteiger partial charge in [-0.2, -0.15) is 0 Å². The number of rotatable bonds is 4. The van der Waals surface area contributed by atoms with Crippen LogP contribution < -0.4 is 0 Å². The number of benzene rings is 2. The van der Waals surface area contributed by atoms with Gasteiger partial charge in [0.1, 0.15) is 0 Å². The third-order valence-corrected chi connectivity index (χ3v) is 3.81. The first-order chi connectivity index (χ1) is 10.7. The Morgan fingerprint density at radius 1 is 1.05 bits per heavy atom. The number of carbonyl (C=O) groups is 1. The summed E-state index contributed by atoms with van der Waals surface area (Å²) in [6, 6.07) is 17.4. The molecule has 5 heteroatoms. The Balaban J connectivity index is 1.66. The van der Waals surface area contributed by atoms with Crippen LogP contribution in [0.3, 0.4) is 0 Å². The zero-order valence-corrected chi connectivity index (χ0v) is 12.8. The molecule has 0 atom stereocenters. The number of thioether (sulfide) groups is 1. The quantitative estimate of drug-likeness (QED) is 0.684. The molecule has 3 rings (SSSR count). The van der Waals surface area contributed by atoms with Crippen LogP contribution in [-0.4, -0.2) is 15.3 Å². The van der Waals surface area contributed by atoms with Crippen molar-refractivity contribution < 1.29 is 9.21 Å². The van der Waals surface area contributed by atoms with E-state index in [9.17, 15) is 4.79 Å². The van der Waals surface area contributed by atoms with Crippen molar-refractivity contribution in [2.24, 2.45) is 0 Å². The summed E-state index contributed by atoms with van der Waals surface area (Å²) in [4.78, 5) is 12.0. The summed E-state index contributed by atoms with van der Waals surface area (Å²) in [6.45, 7) is 2.02. The lowest BCUT2D eigenvalue weighted by molar-refractivity contribution is -0.110. The maximum atomic E-state index is 12.0. The van der Waals surface area contributed by atoms with Crippen molar-refractivity contribution in [1.29, 1.82) is 0 Å². The molecule has 0 saturated heterocycles. The van der Waals surface area contributed by atoms with Gasteiger partial charge in [0.05, 0.1) is 0 Å². The first kappa shape index (κ1) is 14.5. The SMILES string of the molecule is Cc1ccc(-c2nnc(SC(=O)Cc3ccccc3)o2)cc1. The van der Waals surface area contributed by atoms with Crippen LogP contribution in [-0.2, 0) is 11.2 Å². The minimum Gasteiger partial charge on any atom is -0.411 e. The van der Waals surface area contributed by atoms with E-state index in [1.807, 2.05) is 61.5 Å². The summed E-state index contributed by atoms with van der Waals surface area (Å²) in [5.41, 5.74) is 2.98. The summed E-state index contributed by atoms with van der Waals surface area (Å²) < 4.78 is 5.54. The van der Waals surface area contributed by atoms with Crippen molar-refractivity contribution in [1.82, 2.24) is 10.2 Å². The fraction of sp³-hybridized carbons (Fsp3) is 0.118. The first-order valence-corrected chi connectivity index (χ1v) is 7.67. The summed E-state index contributed by atoms with van der Waals surface area (Å²) >= 11 is 0.978. The van der Waals surface area contributed by atoms with Gasteiger partial charge in [0.25, 0.3) is 5.22 Å². The van der Waals surface area contributed by atoms with Gasteiger partial charge in [-0.3, -0.25) is 4.79 Å². The number of aryl methyl sites for hydroxylation is 1. The molecule has 0 aliphatic heterocycles. The smallest absolute Gasteiger partial charge is 0.284 e. The zero-order valence-electron chi connectivity index (χ0n) is 12.0. The minimum absolute atomic E-state index is 0.0229.